The summed E-state index contributed by atoms with van der Waals surface area (Å²) < 4.78 is 42.6. The normalized spacial score (nSPS) is 24.9. The number of rotatable bonds is 4. The fourth-order valence-electron chi connectivity index (χ4n) is 4.57. The van der Waals surface area contributed by atoms with E-state index < -0.39 is 30.1 Å². The van der Waals surface area contributed by atoms with Gasteiger partial charge in [0.1, 0.15) is 23.9 Å². The molecular formula is C25H27F3N4O2. The Morgan fingerprint density at radius 1 is 1.00 bits per heavy atom. The summed E-state index contributed by atoms with van der Waals surface area (Å²) >= 11 is 0. The molecule has 2 atom stereocenters. The standard InChI is InChI=1S/C25H27F3N4O2/c26-25(27,28)19-18(20(29)15-11-13-30-14-12-15)23(32-24(34)22(19)33)31-21(16-7-3-1-4-8-16)17-9-5-2-6-10-17/h1-10,15,19,21-22,30,33H,11-14,29H2,(H,31,32,34)/t19-,22-/m1/s1. The number of carbonyl (C=O) groups excluding carboxylic acids is 1. The molecule has 2 heterocycles. The van der Waals surface area contributed by atoms with Crippen LogP contribution in [0.25, 0.3) is 0 Å². The summed E-state index contributed by atoms with van der Waals surface area (Å²) in [6.07, 6.45) is -6.09. The maximum Gasteiger partial charge on any atom is 0.398 e. The van der Waals surface area contributed by atoms with E-state index in [1.807, 2.05) is 60.7 Å². The van der Waals surface area contributed by atoms with Crippen LogP contribution in [0.5, 0.6) is 0 Å². The summed E-state index contributed by atoms with van der Waals surface area (Å²) in [5.41, 5.74) is 7.52. The van der Waals surface area contributed by atoms with Gasteiger partial charge in [0.15, 0.2) is 0 Å². The van der Waals surface area contributed by atoms with Crippen LogP contribution in [-0.2, 0) is 4.79 Å². The number of nitrogens with two attached hydrogens (primary N) is 1. The van der Waals surface area contributed by atoms with Gasteiger partial charge in [0.25, 0.3) is 5.91 Å². The molecule has 0 aromatic heterocycles. The topological polar surface area (TPSA) is 99.7 Å². The largest absolute Gasteiger partial charge is 0.401 e. The van der Waals surface area contributed by atoms with Crippen molar-refractivity contribution in [2.45, 2.75) is 31.2 Å². The number of allylic oxidation sites excluding steroid dienone is 1. The molecule has 0 radical (unpaired) electrons. The number of hydrogen-bond acceptors (Lipinski definition) is 5. The van der Waals surface area contributed by atoms with Gasteiger partial charge in [-0.3, -0.25) is 9.79 Å². The number of aliphatic hydroxyl groups excluding tert-OH is 1. The highest BCUT2D eigenvalue weighted by molar-refractivity contribution is 6.13. The summed E-state index contributed by atoms with van der Waals surface area (Å²) in [5, 5.41) is 15.9. The lowest BCUT2D eigenvalue weighted by atomic mass is 9.81. The molecule has 2 aliphatic rings. The Morgan fingerprint density at radius 3 is 2.03 bits per heavy atom. The molecule has 5 N–H and O–H groups in total. The van der Waals surface area contributed by atoms with Crippen LogP contribution in [0, 0.1) is 11.8 Å². The van der Waals surface area contributed by atoms with Gasteiger partial charge < -0.3 is 21.5 Å². The second-order valence-electron chi connectivity index (χ2n) is 8.55. The predicted molar refractivity (Wildman–Crippen MR) is 123 cm³/mol. The number of aliphatic hydroxyl groups is 1. The Hall–Kier alpha value is -3.17. The maximum absolute atomic E-state index is 14.2. The van der Waals surface area contributed by atoms with Crippen molar-refractivity contribution >= 4 is 11.7 Å². The molecule has 0 spiro atoms. The first-order valence-corrected chi connectivity index (χ1v) is 11.2. The zero-order valence-electron chi connectivity index (χ0n) is 18.4. The van der Waals surface area contributed by atoms with Gasteiger partial charge in [-0.15, -0.1) is 0 Å². The second-order valence-corrected chi connectivity index (χ2v) is 8.55. The number of nitrogens with one attached hydrogen (secondary N) is 2. The number of amidine groups is 1. The van der Waals surface area contributed by atoms with Crippen molar-refractivity contribution < 1.29 is 23.1 Å². The second kappa shape index (κ2) is 9.99. The number of amides is 1. The van der Waals surface area contributed by atoms with E-state index in [4.69, 9.17) is 5.73 Å². The molecule has 2 aromatic rings. The van der Waals surface area contributed by atoms with Crippen LogP contribution in [0.4, 0.5) is 13.2 Å². The summed E-state index contributed by atoms with van der Waals surface area (Å²) in [6, 6.07) is 17.5. The number of aliphatic imine (C=N–C) groups is 1. The lowest BCUT2D eigenvalue weighted by molar-refractivity contribution is -0.191. The highest BCUT2D eigenvalue weighted by Gasteiger charge is 2.54. The van der Waals surface area contributed by atoms with Gasteiger partial charge in [0.05, 0.1) is 0 Å². The van der Waals surface area contributed by atoms with Gasteiger partial charge in [0, 0.05) is 17.2 Å². The SMILES string of the molecule is NC(=C1C(=NC(c2ccccc2)c2ccccc2)NC(=O)[C@H](O)[C@@H]1C(F)(F)F)C1CCNCC1. The van der Waals surface area contributed by atoms with E-state index in [1.165, 1.54) is 0 Å². The van der Waals surface area contributed by atoms with Crippen LogP contribution in [-0.4, -0.2) is 42.2 Å². The fraction of sp³-hybridized carbons (Fsp3) is 0.360. The van der Waals surface area contributed by atoms with Gasteiger partial charge in [-0.1, -0.05) is 60.7 Å². The van der Waals surface area contributed by atoms with Crippen LogP contribution in [0.1, 0.15) is 30.0 Å². The van der Waals surface area contributed by atoms with E-state index >= 15 is 0 Å². The lowest BCUT2D eigenvalue weighted by Crippen LogP contribution is -2.56. The Bertz CT molecular complexity index is 1030. The quantitative estimate of drug-likeness (QED) is 0.550. The molecule has 34 heavy (non-hydrogen) atoms. The van der Waals surface area contributed by atoms with E-state index in [1.54, 1.807) is 0 Å². The van der Waals surface area contributed by atoms with E-state index in [0.717, 1.165) is 11.1 Å². The number of alkyl halides is 3. The van der Waals surface area contributed by atoms with Crippen molar-refractivity contribution in [3.63, 3.8) is 0 Å². The predicted octanol–water partition coefficient (Wildman–Crippen LogP) is 3.06. The molecule has 9 heteroatoms. The lowest BCUT2D eigenvalue weighted by Gasteiger charge is -2.36. The van der Waals surface area contributed by atoms with E-state index in [2.05, 4.69) is 15.6 Å². The smallest absolute Gasteiger partial charge is 0.398 e. The Labute approximate surface area is 195 Å². The van der Waals surface area contributed by atoms with Gasteiger partial charge in [-0.25, -0.2) is 0 Å². The number of halogens is 3. The van der Waals surface area contributed by atoms with Crippen LogP contribution in [0.2, 0.25) is 0 Å². The summed E-state index contributed by atoms with van der Waals surface area (Å²) in [5.74, 6) is -4.17. The van der Waals surface area contributed by atoms with Crippen LogP contribution in [0.15, 0.2) is 76.9 Å². The molecule has 0 aliphatic carbocycles. The number of nitrogens with zero attached hydrogens (tertiary/aromatic N) is 1. The van der Waals surface area contributed by atoms with E-state index in [0.29, 0.717) is 25.9 Å². The minimum atomic E-state index is -4.89. The van der Waals surface area contributed by atoms with Crippen molar-refractivity contribution in [1.29, 1.82) is 0 Å². The van der Waals surface area contributed by atoms with Crippen molar-refractivity contribution in [2.24, 2.45) is 22.6 Å². The molecule has 2 fully saturated rings. The summed E-state index contributed by atoms with van der Waals surface area (Å²) in [6.45, 7) is 1.24. The van der Waals surface area contributed by atoms with Gasteiger partial charge >= 0.3 is 6.18 Å². The average molecular weight is 473 g/mol. The third kappa shape index (κ3) is 5.00. The Morgan fingerprint density at radius 2 is 1.53 bits per heavy atom. The van der Waals surface area contributed by atoms with Gasteiger partial charge in [-0.2, -0.15) is 13.2 Å². The number of piperidine rings is 2. The summed E-state index contributed by atoms with van der Waals surface area (Å²) in [7, 11) is 0. The number of hydrogen-bond donors (Lipinski definition) is 4. The highest BCUT2D eigenvalue weighted by Crippen LogP contribution is 2.40. The van der Waals surface area contributed by atoms with Crippen LogP contribution >= 0.6 is 0 Å². The molecule has 6 nitrogen and oxygen atoms in total. The highest BCUT2D eigenvalue weighted by atomic mass is 19.4. The molecular weight excluding hydrogens is 445 g/mol. The monoisotopic (exact) mass is 472 g/mol. The first kappa shape index (κ1) is 24.0. The molecule has 2 aliphatic heterocycles. The molecule has 0 unspecified atom stereocenters. The first-order valence-electron chi connectivity index (χ1n) is 11.2. The molecule has 2 saturated heterocycles. The summed E-state index contributed by atoms with van der Waals surface area (Å²) in [4.78, 5) is 17.1. The molecule has 4 rings (SSSR count). The van der Waals surface area contributed by atoms with Crippen LogP contribution in [0.3, 0.4) is 0 Å². The third-order valence-corrected chi connectivity index (χ3v) is 6.32. The van der Waals surface area contributed by atoms with E-state index in [-0.39, 0.29) is 23.0 Å². The molecule has 0 bridgehead atoms. The third-order valence-electron chi connectivity index (χ3n) is 6.32. The van der Waals surface area contributed by atoms with Crippen molar-refractivity contribution in [3.8, 4) is 0 Å². The van der Waals surface area contributed by atoms with Gasteiger partial charge in [-0.05, 0) is 37.1 Å². The zero-order valence-corrected chi connectivity index (χ0v) is 18.4. The minimum absolute atomic E-state index is 0.0153. The van der Waals surface area contributed by atoms with Crippen molar-refractivity contribution in [1.82, 2.24) is 10.6 Å². The first-order chi connectivity index (χ1) is 16.3. The van der Waals surface area contributed by atoms with Crippen LogP contribution < -0.4 is 16.4 Å². The maximum atomic E-state index is 14.2. The molecule has 2 aromatic carbocycles. The average Bonchev–Trinajstić information content (AvgIpc) is 2.84. The van der Waals surface area contributed by atoms with Crippen molar-refractivity contribution in [3.05, 3.63) is 83.1 Å². The molecule has 180 valence electrons. The van der Waals surface area contributed by atoms with Crippen molar-refractivity contribution in [2.75, 3.05) is 13.1 Å². The molecule has 0 saturated carbocycles. The molecule has 1 amide bonds. The van der Waals surface area contributed by atoms with E-state index in [9.17, 15) is 23.1 Å². The zero-order chi connectivity index (χ0) is 24.3. The fourth-order valence-corrected chi connectivity index (χ4v) is 4.57. The minimum Gasteiger partial charge on any atom is -0.401 e. The number of benzene rings is 2. The Kier molecular flexibility index (Phi) is 7.04. The van der Waals surface area contributed by atoms with Gasteiger partial charge in [0.2, 0.25) is 0 Å². The number of carbonyl (C=O) groups is 1. The Balaban J connectivity index is 1.90.